The second-order valence-electron chi connectivity index (χ2n) is 6.22. The lowest BCUT2D eigenvalue weighted by molar-refractivity contribution is -0.150. The number of ether oxygens (including phenoxy) is 2. The van der Waals surface area contributed by atoms with Crippen molar-refractivity contribution >= 4 is 24.3 Å². The van der Waals surface area contributed by atoms with Gasteiger partial charge in [0.25, 0.3) is 5.91 Å². The highest BCUT2D eigenvalue weighted by molar-refractivity contribution is 5.86. The SMILES string of the molecule is CCOC(=O)C1CCC(NC(=O)C2(OC)CCNCC2)CC1.Cl. The van der Waals surface area contributed by atoms with Gasteiger partial charge >= 0.3 is 5.97 Å². The summed E-state index contributed by atoms with van der Waals surface area (Å²) in [6, 6.07) is 0.139. The first-order valence-corrected chi connectivity index (χ1v) is 8.35. The van der Waals surface area contributed by atoms with Gasteiger partial charge in [-0.2, -0.15) is 0 Å². The maximum Gasteiger partial charge on any atom is 0.308 e. The zero-order valence-electron chi connectivity index (χ0n) is 14.1. The van der Waals surface area contributed by atoms with Crippen molar-refractivity contribution in [3.63, 3.8) is 0 Å². The van der Waals surface area contributed by atoms with Gasteiger partial charge in [-0.15, -0.1) is 12.4 Å². The molecular formula is C16H29ClN2O4. The Kier molecular flexibility index (Phi) is 8.29. The molecule has 2 N–H and O–H groups in total. The van der Waals surface area contributed by atoms with Gasteiger partial charge in [0, 0.05) is 13.2 Å². The number of hydrogen-bond donors (Lipinski definition) is 2. The predicted molar refractivity (Wildman–Crippen MR) is 89.6 cm³/mol. The highest BCUT2D eigenvalue weighted by atomic mass is 35.5. The molecule has 1 heterocycles. The van der Waals surface area contributed by atoms with Crippen LogP contribution >= 0.6 is 12.4 Å². The van der Waals surface area contributed by atoms with Crippen molar-refractivity contribution in [2.24, 2.45) is 5.92 Å². The zero-order chi connectivity index (χ0) is 16.0. The first-order valence-electron chi connectivity index (χ1n) is 8.35. The topological polar surface area (TPSA) is 76.7 Å². The second kappa shape index (κ2) is 9.45. The van der Waals surface area contributed by atoms with Gasteiger partial charge < -0.3 is 20.1 Å². The Morgan fingerprint density at radius 2 is 1.78 bits per heavy atom. The number of amides is 1. The summed E-state index contributed by atoms with van der Waals surface area (Å²) >= 11 is 0. The Labute approximate surface area is 144 Å². The average Bonchev–Trinajstić information content (AvgIpc) is 2.56. The van der Waals surface area contributed by atoms with Crippen molar-refractivity contribution in [1.82, 2.24) is 10.6 Å². The molecule has 0 aromatic rings. The van der Waals surface area contributed by atoms with Crippen LogP contribution in [0.4, 0.5) is 0 Å². The van der Waals surface area contributed by atoms with Gasteiger partial charge in [0.15, 0.2) is 0 Å². The highest BCUT2D eigenvalue weighted by Gasteiger charge is 2.41. The largest absolute Gasteiger partial charge is 0.466 e. The minimum atomic E-state index is -0.691. The number of rotatable bonds is 5. The Bertz CT molecular complexity index is 392. The standard InChI is InChI=1S/C16H28N2O4.ClH/c1-3-22-14(19)12-4-6-13(7-5-12)18-15(20)16(21-2)8-10-17-11-9-16;/h12-13,17H,3-11H2,1-2H3,(H,18,20);1H. The normalized spacial score (nSPS) is 26.7. The molecule has 6 nitrogen and oxygen atoms in total. The molecule has 1 aliphatic carbocycles. The van der Waals surface area contributed by atoms with Crippen LogP contribution in [0.5, 0.6) is 0 Å². The van der Waals surface area contributed by atoms with E-state index in [2.05, 4.69) is 10.6 Å². The van der Waals surface area contributed by atoms with Gasteiger partial charge in [0.1, 0.15) is 5.60 Å². The third kappa shape index (κ3) is 5.06. The zero-order valence-corrected chi connectivity index (χ0v) is 14.9. The summed E-state index contributed by atoms with van der Waals surface area (Å²) in [6.45, 7) is 3.86. The molecule has 2 rings (SSSR count). The number of esters is 1. The molecule has 1 saturated carbocycles. The Hall–Kier alpha value is -0.850. The first kappa shape index (κ1) is 20.2. The summed E-state index contributed by atoms with van der Waals surface area (Å²) in [7, 11) is 1.61. The molecule has 0 aromatic carbocycles. The molecule has 2 fully saturated rings. The molecule has 2 aliphatic rings. The average molecular weight is 349 g/mol. The van der Waals surface area contributed by atoms with Crippen molar-refractivity contribution in [3.8, 4) is 0 Å². The number of methoxy groups -OCH3 is 1. The molecule has 0 radical (unpaired) electrons. The van der Waals surface area contributed by atoms with E-state index >= 15 is 0 Å². The molecule has 0 atom stereocenters. The van der Waals surface area contributed by atoms with Crippen LogP contribution in [0.3, 0.4) is 0 Å². The molecule has 1 aliphatic heterocycles. The van der Waals surface area contributed by atoms with Crippen LogP contribution in [0.15, 0.2) is 0 Å². The molecule has 1 amide bonds. The van der Waals surface area contributed by atoms with Gasteiger partial charge in [-0.3, -0.25) is 9.59 Å². The van der Waals surface area contributed by atoms with Gasteiger partial charge in [0.2, 0.25) is 0 Å². The summed E-state index contributed by atoms with van der Waals surface area (Å²) in [4.78, 5) is 24.3. The molecule has 0 aromatic heterocycles. The van der Waals surface area contributed by atoms with E-state index in [1.165, 1.54) is 0 Å². The number of hydrogen-bond acceptors (Lipinski definition) is 5. The maximum absolute atomic E-state index is 12.6. The van der Waals surface area contributed by atoms with E-state index in [0.717, 1.165) is 38.8 Å². The Morgan fingerprint density at radius 3 is 2.30 bits per heavy atom. The lowest BCUT2D eigenvalue weighted by Crippen LogP contribution is -2.56. The summed E-state index contributed by atoms with van der Waals surface area (Å²) in [6.07, 6.45) is 4.62. The summed E-state index contributed by atoms with van der Waals surface area (Å²) in [5.41, 5.74) is -0.691. The fourth-order valence-corrected chi connectivity index (χ4v) is 3.40. The van der Waals surface area contributed by atoms with Gasteiger partial charge in [0.05, 0.1) is 12.5 Å². The second-order valence-corrected chi connectivity index (χ2v) is 6.22. The molecule has 7 heteroatoms. The van der Waals surface area contributed by atoms with Crippen LogP contribution in [-0.4, -0.2) is 50.3 Å². The molecule has 134 valence electrons. The molecule has 0 bridgehead atoms. The molecule has 0 spiro atoms. The molecule has 0 unspecified atom stereocenters. The van der Waals surface area contributed by atoms with Gasteiger partial charge in [-0.05, 0) is 58.5 Å². The Morgan fingerprint density at radius 1 is 1.17 bits per heavy atom. The lowest BCUT2D eigenvalue weighted by atomic mass is 9.85. The minimum absolute atomic E-state index is 0. The van der Waals surface area contributed by atoms with Crippen LogP contribution in [0, 0.1) is 5.92 Å². The van der Waals surface area contributed by atoms with Crippen LogP contribution in [0.25, 0.3) is 0 Å². The predicted octanol–water partition coefficient (Wildman–Crippen LogP) is 1.41. The maximum atomic E-state index is 12.6. The van der Waals surface area contributed by atoms with E-state index in [-0.39, 0.29) is 36.2 Å². The van der Waals surface area contributed by atoms with E-state index < -0.39 is 5.60 Å². The van der Waals surface area contributed by atoms with E-state index in [0.29, 0.717) is 19.4 Å². The Balaban J connectivity index is 0.00000264. The summed E-state index contributed by atoms with van der Waals surface area (Å²) < 4.78 is 10.6. The quantitative estimate of drug-likeness (QED) is 0.735. The smallest absolute Gasteiger partial charge is 0.308 e. The number of nitrogens with one attached hydrogen (secondary N) is 2. The first-order chi connectivity index (χ1) is 10.6. The van der Waals surface area contributed by atoms with E-state index in [4.69, 9.17) is 9.47 Å². The monoisotopic (exact) mass is 348 g/mol. The van der Waals surface area contributed by atoms with Gasteiger partial charge in [-0.1, -0.05) is 0 Å². The fourth-order valence-electron chi connectivity index (χ4n) is 3.40. The number of piperidine rings is 1. The van der Waals surface area contributed by atoms with Crippen molar-refractivity contribution < 1.29 is 19.1 Å². The number of halogens is 1. The molecule has 1 saturated heterocycles. The molecular weight excluding hydrogens is 320 g/mol. The van der Waals surface area contributed by atoms with Crippen LogP contribution in [0.2, 0.25) is 0 Å². The van der Waals surface area contributed by atoms with E-state index in [1.54, 1.807) is 7.11 Å². The van der Waals surface area contributed by atoms with Crippen LogP contribution in [0.1, 0.15) is 45.4 Å². The summed E-state index contributed by atoms with van der Waals surface area (Å²) in [5.74, 6) is -0.113. The summed E-state index contributed by atoms with van der Waals surface area (Å²) in [5, 5.41) is 6.38. The number of carbonyl (C=O) groups excluding carboxylic acids is 2. The van der Waals surface area contributed by atoms with Crippen molar-refractivity contribution in [2.45, 2.75) is 57.1 Å². The highest BCUT2D eigenvalue weighted by Crippen LogP contribution is 2.27. The van der Waals surface area contributed by atoms with Crippen LogP contribution in [-0.2, 0) is 19.1 Å². The fraction of sp³-hybridized carbons (Fsp3) is 0.875. The lowest BCUT2D eigenvalue weighted by Gasteiger charge is -2.37. The van der Waals surface area contributed by atoms with Gasteiger partial charge in [-0.25, -0.2) is 0 Å². The third-order valence-corrected chi connectivity index (χ3v) is 4.90. The van der Waals surface area contributed by atoms with Crippen LogP contribution < -0.4 is 10.6 Å². The van der Waals surface area contributed by atoms with Crippen molar-refractivity contribution in [3.05, 3.63) is 0 Å². The van der Waals surface area contributed by atoms with Crippen molar-refractivity contribution in [1.29, 1.82) is 0 Å². The third-order valence-electron chi connectivity index (χ3n) is 4.90. The minimum Gasteiger partial charge on any atom is -0.466 e. The van der Waals surface area contributed by atoms with Crippen molar-refractivity contribution in [2.75, 3.05) is 26.8 Å². The van der Waals surface area contributed by atoms with E-state index in [1.807, 2.05) is 6.92 Å². The van der Waals surface area contributed by atoms with E-state index in [9.17, 15) is 9.59 Å². The number of carbonyl (C=O) groups is 2. The molecule has 23 heavy (non-hydrogen) atoms.